The van der Waals surface area contributed by atoms with Gasteiger partial charge in [0.1, 0.15) is 0 Å². The molecule has 2 aliphatic rings. The highest BCUT2D eigenvalue weighted by Crippen LogP contribution is 2.25. The average Bonchev–Trinajstić information content (AvgIpc) is 3.36. The summed E-state index contributed by atoms with van der Waals surface area (Å²) in [6, 6.07) is 12.2. The van der Waals surface area contributed by atoms with Crippen LogP contribution in [0.5, 0.6) is 0 Å². The molecule has 2 saturated heterocycles. The first-order valence-corrected chi connectivity index (χ1v) is 9.06. The first kappa shape index (κ1) is 16.4. The second kappa shape index (κ2) is 7.42. The Balaban J connectivity index is 1.43. The minimum atomic E-state index is -0.250. The smallest absolute Gasteiger partial charge is 0.227 e. The largest absolute Gasteiger partial charge is 0.348 e. The predicted molar refractivity (Wildman–Crippen MR) is 94.5 cm³/mol. The third-order valence-corrected chi connectivity index (χ3v) is 5.03. The average molecular weight is 340 g/mol. The van der Waals surface area contributed by atoms with Crippen LogP contribution in [0.25, 0.3) is 5.69 Å². The van der Waals surface area contributed by atoms with Gasteiger partial charge in [-0.1, -0.05) is 12.1 Å². The molecule has 5 heteroatoms. The van der Waals surface area contributed by atoms with E-state index >= 15 is 0 Å². The Hall–Kier alpha value is -2.11. The molecule has 0 N–H and O–H groups in total. The highest BCUT2D eigenvalue weighted by atomic mass is 16.7. The summed E-state index contributed by atoms with van der Waals surface area (Å²) in [5, 5.41) is 0. The maximum absolute atomic E-state index is 12.9. The number of ether oxygens (including phenoxy) is 2. The summed E-state index contributed by atoms with van der Waals surface area (Å²) in [6.07, 6.45) is 7.35. The lowest BCUT2D eigenvalue weighted by Crippen LogP contribution is -2.50. The number of carbonyl (C=O) groups excluding carboxylic acids is 1. The molecule has 132 valence electrons. The number of piperidine rings is 1. The first-order valence-electron chi connectivity index (χ1n) is 9.06. The van der Waals surface area contributed by atoms with E-state index in [2.05, 4.69) is 16.7 Å². The van der Waals surface area contributed by atoms with Gasteiger partial charge in [0.15, 0.2) is 6.29 Å². The normalized spacial score (nSPS) is 21.6. The van der Waals surface area contributed by atoms with Crippen molar-refractivity contribution in [3.05, 3.63) is 54.4 Å². The van der Waals surface area contributed by atoms with Crippen molar-refractivity contribution in [3.8, 4) is 5.69 Å². The van der Waals surface area contributed by atoms with Gasteiger partial charge in [-0.2, -0.15) is 0 Å². The molecule has 0 bridgehead atoms. The highest BCUT2D eigenvalue weighted by Gasteiger charge is 2.35. The molecule has 0 saturated carbocycles. The van der Waals surface area contributed by atoms with Gasteiger partial charge in [-0.05, 0) is 49.1 Å². The van der Waals surface area contributed by atoms with Crippen molar-refractivity contribution in [2.24, 2.45) is 0 Å². The summed E-state index contributed by atoms with van der Waals surface area (Å²) < 4.78 is 13.4. The Morgan fingerprint density at radius 2 is 1.76 bits per heavy atom. The van der Waals surface area contributed by atoms with Crippen molar-refractivity contribution in [3.63, 3.8) is 0 Å². The predicted octanol–water partition coefficient (Wildman–Crippen LogP) is 2.77. The van der Waals surface area contributed by atoms with Crippen molar-refractivity contribution in [2.45, 2.75) is 38.0 Å². The fraction of sp³-hybridized carbons (Fsp3) is 0.450. The molecular weight excluding hydrogens is 316 g/mol. The van der Waals surface area contributed by atoms with E-state index in [1.165, 1.54) is 0 Å². The Bertz CT molecular complexity index is 690. The van der Waals surface area contributed by atoms with Gasteiger partial charge in [0.25, 0.3) is 0 Å². The molecule has 1 atom stereocenters. The third-order valence-electron chi connectivity index (χ3n) is 5.03. The van der Waals surface area contributed by atoms with Crippen LogP contribution in [0.15, 0.2) is 48.8 Å². The molecule has 0 radical (unpaired) electrons. The summed E-state index contributed by atoms with van der Waals surface area (Å²) in [7, 11) is 0. The highest BCUT2D eigenvalue weighted by molar-refractivity contribution is 5.79. The molecule has 4 rings (SSSR count). The van der Waals surface area contributed by atoms with Crippen LogP contribution in [0.1, 0.15) is 24.8 Å². The van der Waals surface area contributed by atoms with Gasteiger partial charge < -0.3 is 18.9 Å². The topological polar surface area (TPSA) is 43.7 Å². The van der Waals surface area contributed by atoms with E-state index < -0.39 is 0 Å². The first-order chi connectivity index (χ1) is 12.3. The summed E-state index contributed by atoms with van der Waals surface area (Å²) in [5.41, 5.74) is 2.14. The molecule has 1 aromatic carbocycles. The van der Waals surface area contributed by atoms with Crippen LogP contribution in [-0.2, 0) is 20.7 Å². The SMILES string of the molecule is O=C(Cc1ccc(-n2cccc2)cc1)N1CCCC[C@H]1C1OCCO1. The summed E-state index contributed by atoms with van der Waals surface area (Å²) in [4.78, 5) is 14.8. The maximum Gasteiger partial charge on any atom is 0.227 e. The number of hydrogen-bond acceptors (Lipinski definition) is 3. The molecule has 0 aliphatic carbocycles. The summed E-state index contributed by atoms with van der Waals surface area (Å²) in [6.45, 7) is 2.06. The minimum absolute atomic E-state index is 0.0582. The van der Waals surface area contributed by atoms with E-state index in [4.69, 9.17) is 9.47 Å². The molecule has 2 aromatic rings. The molecule has 0 spiro atoms. The van der Waals surface area contributed by atoms with E-state index in [1.807, 2.05) is 41.6 Å². The molecular formula is C20H24N2O3. The minimum Gasteiger partial charge on any atom is -0.348 e. The molecule has 2 aliphatic heterocycles. The van der Waals surface area contributed by atoms with Crippen LogP contribution >= 0.6 is 0 Å². The summed E-state index contributed by atoms with van der Waals surface area (Å²) in [5.74, 6) is 0.164. The van der Waals surface area contributed by atoms with Gasteiger partial charge in [0.05, 0.1) is 25.7 Å². The number of nitrogens with zero attached hydrogens (tertiary/aromatic N) is 2. The van der Waals surface area contributed by atoms with E-state index in [1.54, 1.807) is 0 Å². The maximum atomic E-state index is 12.9. The summed E-state index contributed by atoms with van der Waals surface area (Å²) >= 11 is 0. The Morgan fingerprint density at radius 3 is 2.48 bits per heavy atom. The molecule has 1 amide bonds. The van der Waals surface area contributed by atoms with Crippen LogP contribution in [0, 0.1) is 0 Å². The van der Waals surface area contributed by atoms with Crippen LogP contribution in [-0.4, -0.2) is 47.5 Å². The van der Waals surface area contributed by atoms with Crippen molar-refractivity contribution < 1.29 is 14.3 Å². The molecule has 0 unspecified atom stereocenters. The van der Waals surface area contributed by atoms with Crippen LogP contribution in [0.2, 0.25) is 0 Å². The van der Waals surface area contributed by atoms with Crippen LogP contribution in [0.4, 0.5) is 0 Å². The van der Waals surface area contributed by atoms with Gasteiger partial charge in [-0.15, -0.1) is 0 Å². The number of amides is 1. The van der Waals surface area contributed by atoms with E-state index in [9.17, 15) is 4.79 Å². The molecule has 2 fully saturated rings. The number of hydrogen-bond donors (Lipinski definition) is 0. The monoisotopic (exact) mass is 340 g/mol. The molecule has 25 heavy (non-hydrogen) atoms. The molecule has 1 aromatic heterocycles. The standard InChI is InChI=1S/C20H24N2O3/c23-19(22-12-2-1-5-18(22)20-24-13-14-25-20)15-16-6-8-17(9-7-16)21-10-3-4-11-21/h3-4,6-11,18,20H,1-2,5,12-15H2/t18-/m0/s1. The van der Waals surface area contributed by atoms with E-state index in [0.29, 0.717) is 19.6 Å². The number of benzene rings is 1. The van der Waals surface area contributed by atoms with Gasteiger partial charge in [-0.25, -0.2) is 0 Å². The fourth-order valence-electron chi connectivity index (χ4n) is 3.72. The zero-order chi connectivity index (χ0) is 17.1. The number of rotatable bonds is 4. The van der Waals surface area contributed by atoms with E-state index in [-0.39, 0.29) is 18.2 Å². The lowest BCUT2D eigenvalue weighted by atomic mass is 10.00. The number of likely N-dealkylation sites (tertiary alicyclic amines) is 1. The lowest BCUT2D eigenvalue weighted by molar-refractivity contribution is -0.149. The van der Waals surface area contributed by atoms with Crippen molar-refractivity contribution >= 4 is 5.91 Å². The van der Waals surface area contributed by atoms with Crippen LogP contribution in [0.3, 0.4) is 0 Å². The zero-order valence-corrected chi connectivity index (χ0v) is 14.3. The molecule has 5 nitrogen and oxygen atoms in total. The van der Waals surface area contributed by atoms with Gasteiger partial charge >= 0.3 is 0 Å². The Morgan fingerprint density at radius 1 is 1.04 bits per heavy atom. The second-order valence-electron chi connectivity index (χ2n) is 6.69. The number of aromatic nitrogens is 1. The Labute approximate surface area is 148 Å². The van der Waals surface area contributed by atoms with Gasteiger partial charge in [-0.3, -0.25) is 4.79 Å². The van der Waals surface area contributed by atoms with E-state index in [0.717, 1.165) is 37.1 Å². The second-order valence-corrected chi connectivity index (χ2v) is 6.69. The van der Waals surface area contributed by atoms with Crippen LogP contribution < -0.4 is 0 Å². The zero-order valence-electron chi connectivity index (χ0n) is 14.3. The van der Waals surface area contributed by atoms with Crippen molar-refractivity contribution in [1.29, 1.82) is 0 Å². The van der Waals surface area contributed by atoms with Gasteiger partial charge in [0.2, 0.25) is 5.91 Å². The quantitative estimate of drug-likeness (QED) is 0.860. The van der Waals surface area contributed by atoms with Crippen molar-refractivity contribution in [1.82, 2.24) is 9.47 Å². The molecule has 3 heterocycles. The Kier molecular flexibility index (Phi) is 4.85. The lowest BCUT2D eigenvalue weighted by Gasteiger charge is -2.38. The van der Waals surface area contributed by atoms with Crippen molar-refractivity contribution in [2.75, 3.05) is 19.8 Å². The fourth-order valence-corrected chi connectivity index (χ4v) is 3.72. The number of carbonyl (C=O) groups is 1. The third kappa shape index (κ3) is 3.62. The van der Waals surface area contributed by atoms with Gasteiger partial charge in [0, 0.05) is 24.6 Å².